The molecular formula is C13H20N2O4S. The molecule has 0 aliphatic heterocycles. The number of hydroxylamine groups is 1. The second kappa shape index (κ2) is 6.34. The van der Waals surface area contributed by atoms with Gasteiger partial charge in [0.05, 0.1) is 11.5 Å². The largest absolute Gasteiger partial charge is 0.274 e. The molecule has 0 aliphatic carbocycles. The molecular weight excluding hydrogens is 280 g/mol. The Hall–Kier alpha value is -1.44. The van der Waals surface area contributed by atoms with Crippen molar-refractivity contribution in [1.29, 1.82) is 0 Å². The van der Waals surface area contributed by atoms with E-state index in [9.17, 15) is 13.2 Å². The van der Waals surface area contributed by atoms with Crippen LogP contribution in [0.15, 0.2) is 29.2 Å². The quantitative estimate of drug-likeness (QED) is 0.806. The average Bonchev–Trinajstić information content (AvgIpc) is 2.33. The van der Waals surface area contributed by atoms with Gasteiger partial charge in [-0.25, -0.2) is 18.6 Å². The van der Waals surface area contributed by atoms with Crippen LogP contribution in [0.5, 0.6) is 0 Å². The highest BCUT2D eigenvalue weighted by Crippen LogP contribution is 2.13. The summed E-state index contributed by atoms with van der Waals surface area (Å²) in [6.07, 6.45) is 0. The van der Waals surface area contributed by atoms with Gasteiger partial charge < -0.3 is 0 Å². The normalized spacial score (nSPS) is 12.2. The monoisotopic (exact) mass is 300 g/mol. The molecule has 112 valence electrons. The van der Waals surface area contributed by atoms with E-state index in [0.717, 1.165) is 0 Å². The van der Waals surface area contributed by atoms with Gasteiger partial charge in [-0.2, -0.15) is 0 Å². The van der Waals surface area contributed by atoms with Gasteiger partial charge in [0.1, 0.15) is 0 Å². The van der Waals surface area contributed by atoms with Crippen LogP contribution in [0, 0.1) is 0 Å². The van der Waals surface area contributed by atoms with Gasteiger partial charge in [-0.1, -0.05) is 0 Å². The first-order valence-corrected chi connectivity index (χ1v) is 7.70. The van der Waals surface area contributed by atoms with Gasteiger partial charge >= 0.3 is 0 Å². The first-order chi connectivity index (χ1) is 9.15. The van der Waals surface area contributed by atoms with Crippen molar-refractivity contribution in [3.05, 3.63) is 29.8 Å². The molecule has 0 spiro atoms. The highest BCUT2D eigenvalue weighted by molar-refractivity contribution is 7.89. The maximum absolute atomic E-state index is 12.1. The van der Waals surface area contributed by atoms with E-state index in [1.807, 2.05) is 0 Å². The van der Waals surface area contributed by atoms with Gasteiger partial charge in [0.25, 0.3) is 5.91 Å². The zero-order valence-electron chi connectivity index (χ0n) is 12.1. The molecule has 2 N–H and O–H groups in total. The first-order valence-electron chi connectivity index (χ1n) is 6.22. The molecule has 0 fully saturated rings. The van der Waals surface area contributed by atoms with Crippen LogP contribution in [-0.4, -0.2) is 26.5 Å². The highest BCUT2D eigenvalue weighted by Gasteiger charge is 2.22. The van der Waals surface area contributed by atoms with Crippen molar-refractivity contribution < 1.29 is 18.0 Å². The van der Waals surface area contributed by atoms with Crippen LogP contribution in [0.25, 0.3) is 0 Å². The van der Waals surface area contributed by atoms with E-state index in [4.69, 9.17) is 4.84 Å². The molecule has 1 amide bonds. The van der Waals surface area contributed by atoms with E-state index in [-0.39, 0.29) is 4.90 Å². The first kappa shape index (κ1) is 16.6. The molecule has 6 nitrogen and oxygen atoms in total. The van der Waals surface area contributed by atoms with Crippen molar-refractivity contribution >= 4 is 15.9 Å². The standard InChI is InChI=1S/C13H20N2O4S/c1-5-19-14-12(16)10-6-8-11(9-7-10)20(17,18)15-13(2,3)4/h6-9,15H,5H2,1-4H3,(H,14,16). The Morgan fingerprint density at radius 3 is 2.20 bits per heavy atom. The van der Waals surface area contributed by atoms with Crippen molar-refractivity contribution in [3.63, 3.8) is 0 Å². The van der Waals surface area contributed by atoms with Crippen molar-refractivity contribution in [3.8, 4) is 0 Å². The number of carbonyl (C=O) groups excluding carboxylic acids is 1. The van der Waals surface area contributed by atoms with E-state index in [2.05, 4.69) is 10.2 Å². The molecule has 20 heavy (non-hydrogen) atoms. The summed E-state index contributed by atoms with van der Waals surface area (Å²) in [5, 5.41) is 0. The predicted octanol–water partition coefficient (Wildman–Crippen LogP) is 1.44. The summed E-state index contributed by atoms with van der Waals surface area (Å²) in [6.45, 7) is 7.37. The third kappa shape index (κ3) is 4.92. The van der Waals surface area contributed by atoms with Crippen molar-refractivity contribution in [2.45, 2.75) is 38.1 Å². The Bertz CT molecular complexity index is 559. The summed E-state index contributed by atoms with van der Waals surface area (Å²) in [5.74, 6) is -0.417. The minimum atomic E-state index is -3.59. The molecule has 0 radical (unpaired) electrons. The van der Waals surface area contributed by atoms with Gasteiger partial charge in [0, 0.05) is 11.1 Å². The van der Waals surface area contributed by atoms with E-state index in [1.165, 1.54) is 24.3 Å². The third-order valence-electron chi connectivity index (χ3n) is 2.18. The number of nitrogens with one attached hydrogen (secondary N) is 2. The van der Waals surface area contributed by atoms with Crippen LogP contribution in [0.4, 0.5) is 0 Å². The maximum Gasteiger partial charge on any atom is 0.274 e. The number of rotatable bonds is 5. The van der Waals surface area contributed by atoms with Gasteiger partial charge in [-0.15, -0.1) is 0 Å². The SMILES string of the molecule is CCONC(=O)c1ccc(S(=O)(=O)NC(C)(C)C)cc1. The summed E-state index contributed by atoms with van der Waals surface area (Å²) in [6, 6.07) is 5.64. The number of hydrogen-bond acceptors (Lipinski definition) is 4. The van der Waals surface area contributed by atoms with Crippen LogP contribution < -0.4 is 10.2 Å². The van der Waals surface area contributed by atoms with E-state index >= 15 is 0 Å². The fraction of sp³-hybridized carbons (Fsp3) is 0.462. The van der Waals surface area contributed by atoms with Gasteiger partial charge in [0.2, 0.25) is 10.0 Å². The summed E-state index contributed by atoms with van der Waals surface area (Å²) < 4.78 is 26.7. The average molecular weight is 300 g/mol. The molecule has 1 aromatic carbocycles. The minimum absolute atomic E-state index is 0.111. The Kier molecular flexibility index (Phi) is 5.27. The number of benzene rings is 1. The maximum atomic E-state index is 12.1. The topological polar surface area (TPSA) is 84.5 Å². The highest BCUT2D eigenvalue weighted by atomic mass is 32.2. The number of amides is 1. The Balaban J connectivity index is 2.89. The molecule has 1 aromatic rings. The second-order valence-electron chi connectivity index (χ2n) is 5.24. The lowest BCUT2D eigenvalue weighted by Gasteiger charge is -2.20. The summed E-state index contributed by atoms with van der Waals surface area (Å²) in [7, 11) is -3.59. The second-order valence-corrected chi connectivity index (χ2v) is 6.93. The predicted molar refractivity (Wildman–Crippen MR) is 75.6 cm³/mol. The molecule has 0 saturated carbocycles. The Labute approximate surface area is 119 Å². The molecule has 7 heteroatoms. The molecule has 0 aromatic heterocycles. The third-order valence-corrected chi connectivity index (χ3v) is 3.95. The van der Waals surface area contributed by atoms with Crippen LogP contribution in [0.2, 0.25) is 0 Å². The van der Waals surface area contributed by atoms with Crippen molar-refractivity contribution in [2.75, 3.05) is 6.61 Å². The number of hydrogen-bond donors (Lipinski definition) is 2. The lowest BCUT2D eigenvalue weighted by molar-refractivity contribution is 0.0364. The smallest absolute Gasteiger partial charge is 0.274 e. The minimum Gasteiger partial charge on any atom is -0.274 e. The summed E-state index contributed by atoms with van der Waals surface area (Å²) >= 11 is 0. The van der Waals surface area contributed by atoms with Gasteiger partial charge in [-0.05, 0) is 52.0 Å². The fourth-order valence-electron chi connectivity index (χ4n) is 1.44. The number of carbonyl (C=O) groups is 1. The fourth-order valence-corrected chi connectivity index (χ4v) is 2.86. The van der Waals surface area contributed by atoms with E-state index < -0.39 is 21.5 Å². The molecule has 0 saturated heterocycles. The lowest BCUT2D eigenvalue weighted by atomic mass is 10.1. The van der Waals surface area contributed by atoms with Crippen LogP contribution >= 0.6 is 0 Å². The molecule has 1 rings (SSSR count). The van der Waals surface area contributed by atoms with Crippen LogP contribution in [0.1, 0.15) is 38.1 Å². The molecule has 0 unspecified atom stereocenters. The van der Waals surface area contributed by atoms with Crippen molar-refractivity contribution in [2.24, 2.45) is 0 Å². The van der Waals surface area contributed by atoms with E-state index in [0.29, 0.717) is 12.2 Å². The zero-order chi connectivity index (χ0) is 15.4. The Morgan fingerprint density at radius 1 is 1.20 bits per heavy atom. The van der Waals surface area contributed by atoms with Crippen molar-refractivity contribution in [1.82, 2.24) is 10.2 Å². The molecule has 0 heterocycles. The van der Waals surface area contributed by atoms with Gasteiger partial charge in [0.15, 0.2) is 0 Å². The van der Waals surface area contributed by atoms with Crippen LogP contribution in [-0.2, 0) is 14.9 Å². The van der Waals surface area contributed by atoms with Crippen LogP contribution in [0.3, 0.4) is 0 Å². The molecule has 0 aliphatic rings. The zero-order valence-corrected chi connectivity index (χ0v) is 12.9. The Morgan fingerprint density at radius 2 is 1.75 bits per heavy atom. The summed E-state index contributed by atoms with van der Waals surface area (Å²) in [5.41, 5.74) is 2.00. The summed E-state index contributed by atoms with van der Waals surface area (Å²) in [4.78, 5) is 16.5. The van der Waals surface area contributed by atoms with Gasteiger partial charge in [-0.3, -0.25) is 9.63 Å². The van der Waals surface area contributed by atoms with E-state index in [1.54, 1.807) is 27.7 Å². The number of sulfonamides is 1. The lowest BCUT2D eigenvalue weighted by Crippen LogP contribution is -2.40. The molecule has 0 atom stereocenters. The molecule has 0 bridgehead atoms.